The molecule has 1 heterocycles. The van der Waals surface area contributed by atoms with Crippen LogP contribution in [0.3, 0.4) is 0 Å². The summed E-state index contributed by atoms with van der Waals surface area (Å²) >= 11 is 1.35. The molecule has 1 amide bonds. The molecular formula is C17H23N3O4S2. The Hall–Kier alpha value is -1.97. The van der Waals surface area contributed by atoms with Crippen LogP contribution in [0.4, 0.5) is 5.13 Å². The maximum Gasteiger partial charge on any atom is 0.240 e. The second kappa shape index (κ2) is 8.15. The van der Waals surface area contributed by atoms with Crippen molar-refractivity contribution in [2.45, 2.75) is 37.5 Å². The van der Waals surface area contributed by atoms with Gasteiger partial charge in [-0.3, -0.25) is 4.79 Å². The van der Waals surface area contributed by atoms with E-state index in [0.29, 0.717) is 10.9 Å². The third kappa shape index (κ3) is 5.52. The summed E-state index contributed by atoms with van der Waals surface area (Å²) in [5.41, 5.74) is 0.811. The number of amides is 1. The number of hydrogen-bond acceptors (Lipinski definition) is 6. The fourth-order valence-corrected chi connectivity index (χ4v) is 3.98. The molecular weight excluding hydrogens is 374 g/mol. The van der Waals surface area contributed by atoms with Crippen LogP contribution in [-0.2, 0) is 20.2 Å². The summed E-state index contributed by atoms with van der Waals surface area (Å²) < 4.78 is 31.8. The molecule has 0 atom stereocenters. The maximum absolute atomic E-state index is 12.2. The second-order valence-corrected chi connectivity index (χ2v) is 9.28. The lowest BCUT2D eigenvalue weighted by Gasteiger charge is -2.14. The smallest absolute Gasteiger partial charge is 0.240 e. The Kier molecular flexibility index (Phi) is 6.38. The van der Waals surface area contributed by atoms with Crippen LogP contribution in [0.15, 0.2) is 34.5 Å². The quantitative estimate of drug-likeness (QED) is 0.749. The van der Waals surface area contributed by atoms with Gasteiger partial charge >= 0.3 is 0 Å². The van der Waals surface area contributed by atoms with Crippen LogP contribution in [0.1, 0.15) is 32.9 Å². The highest BCUT2D eigenvalue weighted by Crippen LogP contribution is 2.26. The van der Waals surface area contributed by atoms with Gasteiger partial charge in [-0.25, -0.2) is 18.1 Å². The molecule has 142 valence electrons. The maximum atomic E-state index is 12.2. The van der Waals surface area contributed by atoms with Crippen LogP contribution in [0.25, 0.3) is 0 Å². The molecule has 1 aromatic heterocycles. The molecule has 0 aliphatic heterocycles. The zero-order valence-electron chi connectivity index (χ0n) is 15.2. The van der Waals surface area contributed by atoms with E-state index in [2.05, 4.69) is 15.0 Å². The first kappa shape index (κ1) is 20.3. The Morgan fingerprint density at radius 1 is 1.23 bits per heavy atom. The average Bonchev–Trinajstić information content (AvgIpc) is 3.03. The third-order valence-corrected chi connectivity index (χ3v) is 5.77. The second-order valence-electron chi connectivity index (χ2n) is 6.66. The SMILES string of the molecule is COc1ccc(S(=O)(=O)NCCC(=O)Nc2nc(C(C)(C)C)cs2)cc1. The van der Waals surface area contributed by atoms with Crippen molar-refractivity contribution < 1.29 is 17.9 Å². The van der Waals surface area contributed by atoms with E-state index in [9.17, 15) is 13.2 Å². The Labute approximate surface area is 157 Å². The van der Waals surface area contributed by atoms with E-state index in [1.54, 1.807) is 12.1 Å². The van der Waals surface area contributed by atoms with Crippen LogP contribution in [0, 0.1) is 0 Å². The van der Waals surface area contributed by atoms with Gasteiger partial charge in [0.15, 0.2) is 5.13 Å². The van der Waals surface area contributed by atoms with Crippen LogP contribution in [0.2, 0.25) is 0 Å². The first-order valence-corrected chi connectivity index (χ1v) is 10.4. The third-order valence-electron chi connectivity index (χ3n) is 3.53. The number of hydrogen-bond donors (Lipinski definition) is 2. The van der Waals surface area contributed by atoms with Crippen LogP contribution < -0.4 is 14.8 Å². The molecule has 0 spiro atoms. The molecule has 2 aromatic rings. The molecule has 26 heavy (non-hydrogen) atoms. The molecule has 0 saturated heterocycles. The Balaban J connectivity index is 1.86. The van der Waals surface area contributed by atoms with Gasteiger partial charge in [0, 0.05) is 23.8 Å². The number of benzene rings is 1. The van der Waals surface area contributed by atoms with Gasteiger partial charge in [-0.1, -0.05) is 20.8 Å². The molecule has 0 aliphatic carbocycles. The summed E-state index contributed by atoms with van der Waals surface area (Å²) in [4.78, 5) is 16.5. The molecule has 2 N–H and O–H groups in total. The largest absolute Gasteiger partial charge is 0.497 e. The molecule has 2 rings (SSSR count). The molecule has 0 bridgehead atoms. The minimum atomic E-state index is -3.67. The normalized spacial score (nSPS) is 12.0. The van der Waals surface area contributed by atoms with Gasteiger partial charge in [0.05, 0.1) is 17.7 Å². The number of ether oxygens (including phenoxy) is 1. The van der Waals surface area contributed by atoms with Crippen LogP contribution >= 0.6 is 11.3 Å². The van der Waals surface area contributed by atoms with E-state index >= 15 is 0 Å². The van der Waals surface area contributed by atoms with Crippen molar-refractivity contribution in [2.24, 2.45) is 0 Å². The number of methoxy groups -OCH3 is 1. The lowest BCUT2D eigenvalue weighted by atomic mass is 9.93. The number of rotatable bonds is 7. The highest BCUT2D eigenvalue weighted by Gasteiger charge is 2.18. The number of anilines is 1. The molecule has 1 aromatic carbocycles. The summed E-state index contributed by atoms with van der Waals surface area (Å²) in [6.07, 6.45) is 0.0137. The molecule has 0 aliphatic rings. The molecule has 0 unspecified atom stereocenters. The first-order valence-electron chi connectivity index (χ1n) is 8.01. The number of sulfonamides is 1. The zero-order chi connectivity index (χ0) is 19.4. The van der Waals surface area contributed by atoms with Gasteiger partial charge < -0.3 is 10.1 Å². The Morgan fingerprint density at radius 2 is 1.88 bits per heavy atom. The summed E-state index contributed by atoms with van der Waals surface area (Å²) in [5, 5.41) is 5.11. The van der Waals surface area contributed by atoms with Crippen molar-refractivity contribution in [2.75, 3.05) is 19.0 Å². The monoisotopic (exact) mass is 397 g/mol. The van der Waals surface area contributed by atoms with Crippen molar-refractivity contribution in [3.05, 3.63) is 35.3 Å². The van der Waals surface area contributed by atoms with E-state index in [4.69, 9.17) is 4.74 Å². The molecule has 0 radical (unpaired) electrons. The van der Waals surface area contributed by atoms with Crippen molar-refractivity contribution in [1.29, 1.82) is 0 Å². The van der Waals surface area contributed by atoms with E-state index in [-0.39, 0.29) is 29.2 Å². The van der Waals surface area contributed by atoms with Crippen molar-refractivity contribution >= 4 is 32.4 Å². The predicted octanol–water partition coefficient (Wildman–Crippen LogP) is 2.76. The van der Waals surface area contributed by atoms with Gasteiger partial charge in [0.1, 0.15) is 5.75 Å². The number of nitrogens with zero attached hydrogens (tertiary/aromatic N) is 1. The van der Waals surface area contributed by atoms with Crippen molar-refractivity contribution in [3.63, 3.8) is 0 Å². The highest BCUT2D eigenvalue weighted by molar-refractivity contribution is 7.89. The Morgan fingerprint density at radius 3 is 2.42 bits per heavy atom. The van der Waals surface area contributed by atoms with Gasteiger partial charge in [-0.15, -0.1) is 11.3 Å². The van der Waals surface area contributed by atoms with E-state index in [0.717, 1.165) is 5.69 Å². The van der Waals surface area contributed by atoms with Crippen LogP contribution in [-0.4, -0.2) is 33.0 Å². The van der Waals surface area contributed by atoms with E-state index in [1.165, 1.54) is 30.6 Å². The fourth-order valence-electron chi connectivity index (χ4n) is 1.99. The topological polar surface area (TPSA) is 97.4 Å². The van der Waals surface area contributed by atoms with Gasteiger partial charge in [-0.2, -0.15) is 0 Å². The van der Waals surface area contributed by atoms with Crippen molar-refractivity contribution in [1.82, 2.24) is 9.71 Å². The van der Waals surface area contributed by atoms with Gasteiger partial charge in [0.2, 0.25) is 15.9 Å². The van der Waals surface area contributed by atoms with Gasteiger partial charge in [-0.05, 0) is 24.3 Å². The van der Waals surface area contributed by atoms with E-state index < -0.39 is 10.0 Å². The van der Waals surface area contributed by atoms with Gasteiger partial charge in [0.25, 0.3) is 0 Å². The standard InChI is InChI=1S/C17H23N3O4S2/c1-17(2,3)14-11-25-16(19-14)20-15(21)9-10-18-26(22,23)13-7-5-12(24-4)6-8-13/h5-8,11,18H,9-10H2,1-4H3,(H,19,20,21). The summed E-state index contributed by atoms with van der Waals surface area (Å²) in [6.45, 7) is 6.13. The predicted molar refractivity (Wildman–Crippen MR) is 102 cm³/mol. The minimum Gasteiger partial charge on any atom is -0.497 e. The number of carbonyl (C=O) groups is 1. The van der Waals surface area contributed by atoms with E-state index in [1.807, 2.05) is 26.2 Å². The average molecular weight is 398 g/mol. The number of nitrogens with one attached hydrogen (secondary N) is 2. The van der Waals surface area contributed by atoms with Crippen molar-refractivity contribution in [3.8, 4) is 5.75 Å². The summed E-state index contributed by atoms with van der Waals surface area (Å²) in [7, 11) is -2.16. The molecule has 7 nitrogen and oxygen atoms in total. The fraction of sp³-hybridized carbons (Fsp3) is 0.412. The molecule has 9 heteroatoms. The molecule has 0 fully saturated rings. The first-order chi connectivity index (χ1) is 12.1. The summed E-state index contributed by atoms with van der Waals surface area (Å²) in [5.74, 6) is 0.277. The lowest BCUT2D eigenvalue weighted by molar-refractivity contribution is -0.116. The highest BCUT2D eigenvalue weighted by atomic mass is 32.2. The van der Waals surface area contributed by atoms with Crippen LogP contribution in [0.5, 0.6) is 5.75 Å². The zero-order valence-corrected chi connectivity index (χ0v) is 16.8. The molecule has 0 saturated carbocycles. The lowest BCUT2D eigenvalue weighted by Crippen LogP contribution is -2.27. The number of aromatic nitrogens is 1. The summed E-state index contributed by atoms with van der Waals surface area (Å²) in [6, 6.07) is 6.03. The number of thiazole rings is 1. The Bertz CT molecular complexity index is 853. The number of carbonyl (C=O) groups excluding carboxylic acids is 1. The minimum absolute atomic E-state index is 0.00228.